The van der Waals surface area contributed by atoms with Crippen LogP contribution < -0.4 is 14.8 Å². The molecule has 4 rings (SSSR count). The molecule has 1 amide bonds. The summed E-state index contributed by atoms with van der Waals surface area (Å²) >= 11 is 3.07. The number of nitrogens with zero attached hydrogens (tertiary/aromatic N) is 3. The van der Waals surface area contributed by atoms with Gasteiger partial charge in [-0.1, -0.05) is 17.8 Å². The number of nitrogens with one attached hydrogen (secondary N) is 1. The predicted octanol–water partition coefficient (Wildman–Crippen LogP) is 4.85. The van der Waals surface area contributed by atoms with Crippen LogP contribution in [0.1, 0.15) is 11.8 Å². The summed E-state index contributed by atoms with van der Waals surface area (Å²) in [5, 5.41) is 14.3. The Morgan fingerprint density at radius 3 is 2.32 bits per heavy atom. The van der Waals surface area contributed by atoms with E-state index in [0.717, 1.165) is 29.2 Å². The number of hydrogen-bond acceptors (Lipinski definition) is 7. The number of carbonyl (C=O) groups excluding carboxylic acids is 1. The number of ether oxygens (including phenoxy) is 2. The highest BCUT2D eigenvalue weighted by Gasteiger charge is 2.22. The van der Waals surface area contributed by atoms with Gasteiger partial charge >= 0.3 is 0 Å². The fourth-order valence-corrected chi connectivity index (χ4v) is 4.96. The fourth-order valence-electron chi connectivity index (χ4n) is 3.36. The minimum atomic E-state index is -0.340. The standard InChI is InChI=1S/C25H26N4O3S2/c1-17(24(30)26-15-14-22-5-4-16-33-22)34-25-28-27-23(18-6-10-20(31-2)11-7-18)29(25)19-8-12-21(32-3)13-9-19/h4-13,16-17H,14-15H2,1-3H3,(H,26,30). The zero-order chi connectivity index (χ0) is 23.9. The normalized spacial score (nSPS) is 11.7. The SMILES string of the molecule is COc1ccc(-c2nnc(SC(C)C(=O)NCCc3cccs3)n2-c2ccc(OC)cc2)cc1. The first kappa shape index (κ1) is 23.8. The number of rotatable bonds is 10. The van der Waals surface area contributed by atoms with Gasteiger partial charge in [-0.05, 0) is 73.3 Å². The van der Waals surface area contributed by atoms with Crippen LogP contribution in [-0.2, 0) is 11.2 Å². The summed E-state index contributed by atoms with van der Waals surface area (Å²) in [5.41, 5.74) is 1.77. The fraction of sp³-hybridized carbons (Fsp3) is 0.240. The Morgan fingerprint density at radius 1 is 1.03 bits per heavy atom. The van der Waals surface area contributed by atoms with Gasteiger partial charge < -0.3 is 14.8 Å². The second kappa shape index (κ2) is 11.2. The van der Waals surface area contributed by atoms with Gasteiger partial charge in [0.2, 0.25) is 5.91 Å². The van der Waals surface area contributed by atoms with Gasteiger partial charge in [-0.2, -0.15) is 0 Å². The second-order valence-corrected chi connectivity index (χ2v) is 9.79. The van der Waals surface area contributed by atoms with E-state index in [1.54, 1.807) is 25.6 Å². The van der Waals surface area contributed by atoms with E-state index in [-0.39, 0.29) is 11.2 Å². The van der Waals surface area contributed by atoms with Gasteiger partial charge in [0.1, 0.15) is 11.5 Å². The van der Waals surface area contributed by atoms with Gasteiger partial charge in [-0.15, -0.1) is 21.5 Å². The van der Waals surface area contributed by atoms with E-state index in [0.29, 0.717) is 17.5 Å². The number of aromatic nitrogens is 3. The first-order valence-electron chi connectivity index (χ1n) is 10.8. The summed E-state index contributed by atoms with van der Waals surface area (Å²) in [7, 11) is 3.27. The van der Waals surface area contributed by atoms with Crippen molar-refractivity contribution in [3.05, 3.63) is 70.9 Å². The van der Waals surface area contributed by atoms with E-state index in [1.165, 1.54) is 16.6 Å². The molecule has 0 radical (unpaired) electrons. The van der Waals surface area contributed by atoms with Gasteiger partial charge in [0, 0.05) is 22.7 Å². The molecule has 1 N–H and O–H groups in total. The number of thiophene rings is 1. The average molecular weight is 495 g/mol. The molecule has 2 aromatic carbocycles. The third-order valence-electron chi connectivity index (χ3n) is 5.21. The lowest BCUT2D eigenvalue weighted by molar-refractivity contribution is -0.120. The lowest BCUT2D eigenvalue weighted by Crippen LogP contribution is -2.32. The summed E-state index contributed by atoms with van der Waals surface area (Å²) in [5.74, 6) is 2.18. The predicted molar refractivity (Wildman–Crippen MR) is 136 cm³/mol. The molecule has 0 aliphatic heterocycles. The maximum Gasteiger partial charge on any atom is 0.233 e. The first-order chi connectivity index (χ1) is 16.6. The maximum atomic E-state index is 12.7. The molecule has 9 heteroatoms. The third kappa shape index (κ3) is 5.60. The topological polar surface area (TPSA) is 78.3 Å². The van der Waals surface area contributed by atoms with Crippen LogP contribution in [0.4, 0.5) is 0 Å². The van der Waals surface area contributed by atoms with E-state index >= 15 is 0 Å². The van der Waals surface area contributed by atoms with E-state index in [2.05, 4.69) is 21.6 Å². The number of carbonyl (C=O) groups is 1. The molecule has 0 aliphatic rings. The van der Waals surface area contributed by atoms with Crippen molar-refractivity contribution in [2.24, 2.45) is 0 Å². The Balaban J connectivity index is 1.56. The molecule has 4 aromatic rings. The number of methoxy groups -OCH3 is 2. The molecule has 34 heavy (non-hydrogen) atoms. The molecule has 0 spiro atoms. The summed E-state index contributed by atoms with van der Waals surface area (Å²) in [6.45, 7) is 2.48. The summed E-state index contributed by atoms with van der Waals surface area (Å²) < 4.78 is 12.5. The molecule has 7 nitrogen and oxygen atoms in total. The molecule has 1 atom stereocenters. The number of thioether (sulfide) groups is 1. The molecular weight excluding hydrogens is 468 g/mol. The van der Waals surface area contributed by atoms with Crippen LogP contribution in [0.5, 0.6) is 11.5 Å². The van der Waals surface area contributed by atoms with Crippen molar-refractivity contribution in [1.82, 2.24) is 20.1 Å². The molecule has 0 fully saturated rings. The van der Waals surface area contributed by atoms with Crippen molar-refractivity contribution >= 4 is 29.0 Å². The number of amides is 1. The molecule has 0 aliphatic carbocycles. The monoisotopic (exact) mass is 494 g/mol. The van der Waals surface area contributed by atoms with Crippen LogP contribution in [0.2, 0.25) is 0 Å². The lowest BCUT2D eigenvalue weighted by Gasteiger charge is -2.14. The molecular formula is C25H26N4O3S2. The van der Waals surface area contributed by atoms with Crippen molar-refractivity contribution in [3.8, 4) is 28.6 Å². The van der Waals surface area contributed by atoms with Gasteiger partial charge in [-0.3, -0.25) is 9.36 Å². The molecule has 0 saturated carbocycles. The van der Waals surface area contributed by atoms with Crippen LogP contribution in [0.15, 0.2) is 71.2 Å². The molecule has 0 saturated heterocycles. The number of benzene rings is 2. The van der Waals surface area contributed by atoms with Crippen LogP contribution in [0.25, 0.3) is 17.1 Å². The zero-order valence-corrected chi connectivity index (χ0v) is 20.9. The summed E-state index contributed by atoms with van der Waals surface area (Å²) in [6.07, 6.45) is 0.824. The number of hydrogen-bond donors (Lipinski definition) is 1. The van der Waals surface area contributed by atoms with Crippen LogP contribution >= 0.6 is 23.1 Å². The van der Waals surface area contributed by atoms with Crippen molar-refractivity contribution < 1.29 is 14.3 Å². The molecule has 2 heterocycles. The van der Waals surface area contributed by atoms with Crippen LogP contribution in [0.3, 0.4) is 0 Å². The Kier molecular flexibility index (Phi) is 7.87. The highest BCUT2D eigenvalue weighted by Crippen LogP contribution is 2.31. The molecule has 2 aromatic heterocycles. The van der Waals surface area contributed by atoms with Crippen molar-refractivity contribution in [1.29, 1.82) is 0 Å². The van der Waals surface area contributed by atoms with E-state index in [9.17, 15) is 4.79 Å². The molecule has 0 bridgehead atoms. The van der Waals surface area contributed by atoms with Crippen LogP contribution in [-0.4, -0.2) is 46.7 Å². The molecule has 176 valence electrons. The maximum absolute atomic E-state index is 12.7. The van der Waals surface area contributed by atoms with Crippen molar-refractivity contribution in [3.63, 3.8) is 0 Å². The quantitative estimate of drug-likeness (QED) is 0.318. The van der Waals surface area contributed by atoms with E-state index in [1.807, 2.05) is 71.5 Å². The van der Waals surface area contributed by atoms with Crippen molar-refractivity contribution in [2.75, 3.05) is 20.8 Å². The van der Waals surface area contributed by atoms with Crippen LogP contribution in [0, 0.1) is 0 Å². The van der Waals surface area contributed by atoms with Gasteiger partial charge in [0.15, 0.2) is 11.0 Å². The first-order valence-corrected chi connectivity index (χ1v) is 12.6. The lowest BCUT2D eigenvalue weighted by atomic mass is 10.2. The molecule has 1 unspecified atom stereocenters. The largest absolute Gasteiger partial charge is 0.497 e. The van der Waals surface area contributed by atoms with Gasteiger partial charge in [-0.25, -0.2) is 0 Å². The van der Waals surface area contributed by atoms with Gasteiger partial charge in [0.25, 0.3) is 0 Å². The summed E-state index contributed by atoms with van der Waals surface area (Å²) in [6, 6.07) is 19.4. The minimum Gasteiger partial charge on any atom is -0.497 e. The van der Waals surface area contributed by atoms with Gasteiger partial charge in [0.05, 0.1) is 19.5 Å². The Hall–Kier alpha value is -3.30. The Morgan fingerprint density at radius 2 is 1.71 bits per heavy atom. The summed E-state index contributed by atoms with van der Waals surface area (Å²) in [4.78, 5) is 14.0. The Bertz CT molecular complexity index is 1210. The van der Waals surface area contributed by atoms with E-state index < -0.39 is 0 Å². The highest BCUT2D eigenvalue weighted by molar-refractivity contribution is 8.00. The zero-order valence-electron chi connectivity index (χ0n) is 19.2. The van der Waals surface area contributed by atoms with E-state index in [4.69, 9.17) is 9.47 Å². The third-order valence-corrected chi connectivity index (χ3v) is 7.19. The highest BCUT2D eigenvalue weighted by atomic mass is 32.2. The second-order valence-electron chi connectivity index (χ2n) is 7.45. The minimum absolute atomic E-state index is 0.0307. The smallest absolute Gasteiger partial charge is 0.233 e. The van der Waals surface area contributed by atoms with Crippen molar-refractivity contribution in [2.45, 2.75) is 23.8 Å². The average Bonchev–Trinajstić information content (AvgIpc) is 3.54. The Labute approximate surface area is 207 Å².